The van der Waals surface area contributed by atoms with E-state index in [4.69, 9.17) is 4.74 Å². The first-order chi connectivity index (χ1) is 8.60. The van der Waals surface area contributed by atoms with Crippen molar-refractivity contribution in [3.8, 4) is 0 Å². The number of nitrogens with zero attached hydrogens (tertiary/aromatic N) is 1. The van der Waals surface area contributed by atoms with Crippen LogP contribution in [0.4, 0.5) is 0 Å². The van der Waals surface area contributed by atoms with Crippen molar-refractivity contribution in [2.45, 2.75) is 44.6 Å². The minimum atomic E-state index is -0.504. The summed E-state index contributed by atoms with van der Waals surface area (Å²) in [5.74, 6) is 0.318. The van der Waals surface area contributed by atoms with Gasteiger partial charge in [0.25, 0.3) is 0 Å². The average molecular weight is 256 g/mol. The predicted molar refractivity (Wildman–Crippen MR) is 73.6 cm³/mol. The molecule has 1 fully saturated rings. The molecule has 0 spiro atoms. The first kappa shape index (κ1) is 15.4. The zero-order valence-corrected chi connectivity index (χ0v) is 12.3. The molecule has 0 radical (unpaired) electrons. The lowest BCUT2D eigenvalue weighted by molar-refractivity contribution is -0.150. The van der Waals surface area contributed by atoms with E-state index < -0.39 is 5.54 Å². The number of unbranched alkanes of at least 4 members (excludes halogenated alkanes) is 2. The van der Waals surface area contributed by atoms with Gasteiger partial charge in [-0.1, -0.05) is 19.8 Å². The van der Waals surface area contributed by atoms with E-state index >= 15 is 0 Å². The number of carbonyl (C=O) groups excluding carboxylic acids is 1. The first-order valence-electron chi connectivity index (χ1n) is 7.06. The molecule has 1 unspecified atom stereocenters. The Hall–Kier alpha value is -0.610. The van der Waals surface area contributed by atoms with E-state index in [1.165, 1.54) is 26.4 Å². The molecular weight excluding hydrogens is 228 g/mol. The lowest BCUT2D eigenvalue weighted by Gasteiger charge is -2.34. The standard InChI is InChI=1S/C14H28N2O2/c1-5-6-7-10-16(3)11-14(15-2,12-8-9-12)13(17)18-4/h12,15H,5-11H2,1-4H3. The summed E-state index contributed by atoms with van der Waals surface area (Å²) in [6.07, 6.45) is 5.92. The van der Waals surface area contributed by atoms with Crippen LogP contribution in [-0.4, -0.2) is 50.7 Å². The van der Waals surface area contributed by atoms with Gasteiger partial charge in [-0.15, -0.1) is 0 Å². The van der Waals surface area contributed by atoms with Gasteiger partial charge in [-0.3, -0.25) is 0 Å². The molecule has 0 aromatic heterocycles. The normalized spacial score (nSPS) is 18.7. The van der Waals surface area contributed by atoms with E-state index in [0.29, 0.717) is 5.92 Å². The molecule has 4 heteroatoms. The monoisotopic (exact) mass is 256 g/mol. The SMILES string of the molecule is CCCCCN(C)CC(NC)(C(=O)OC)C1CC1. The van der Waals surface area contributed by atoms with Gasteiger partial charge in [-0.25, -0.2) is 4.79 Å². The number of rotatable bonds is 9. The molecule has 1 N–H and O–H groups in total. The van der Waals surface area contributed by atoms with Gasteiger partial charge >= 0.3 is 5.97 Å². The van der Waals surface area contributed by atoms with Crippen molar-refractivity contribution in [2.24, 2.45) is 5.92 Å². The minimum absolute atomic E-state index is 0.116. The minimum Gasteiger partial charge on any atom is -0.468 e. The number of hydrogen-bond acceptors (Lipinski definition) is 4. The van der Waals surface area contributed by atoms with E-state index in [9.17, 15) is 4.79 Å². The van der Waals surface area contributed by atoms with Crippen molar-refractivity contribution in [2.75, 3.05) is 34.3 Å². The number of hydrogen-bond donors (Lipinski definition) is 1. The maximum absolute atomic E-state index is 12.1. The second-order valence-corrected chi connectivity index (χ2v) is 5.43. The van der Waals surface area contributed by atoms with Crippen molar-refractivity contribution < 1.29 is 9.53 Å². The molecule has 1 aliphatic carbocycles. The Balaban J connectivity index is 2.57. The van der Waals surface area contributed by atoms with Crippen LogP contribution in [0.3, 0.4) is 0 Å². The van der Waals surface area contributed by atoms with Crippen LogP contribution in [-0.2, 0) is 9.53 Å². The Morgan fingerprint density at radius 1 is 1.44 bits per heavy atom. The summed E-state index contributed by atoms with van der Waals surface area (Å²) >= 11 is 0. The van der Waals surface area contributed by atoms with Crippen molar-refractivity contribution >= 4 is 5.97 Å². The Kier molecular flexibility index (Phi) is 6.09. The van der Waals surface area contributed by atoms with E-state index in [2.05, 4.69) is 24.2 Å². The fourth-order valence-electron chi connectivity index (χ4n) is 2.64. The van der Waals surface area contributed by atoms with Crippen LogP contribution in [0.5, 0.6) is 0 Å². The van der Waals surface area contributed by atoms with E-state index in [-0.39, 0.29) is 5.97 Å². The molecule has 0 heterocycles. The fourth-order valence-corrected chi connectivity index (χ4v) is 2.64. The summed E-state index contributed by atoms with van der Waals surface area (Å²) < 4.78 is 5.01. The first-order valence-corrected chi connectivity index (χ1v) is 7.06. The van der Waals surface area contributed by atoms with Crippen LogP contribution in [0.15, 0.2) is 0 Å². The van der Waals surface area contributed by atoms with Gasteiger partial charge in [0.1, 0.15) is 5.54 Å². The lowest BCUT2D eigenvalue weighted by Crippen LogP contribution is -2.59. The fraction of sp³-hybridized carbons (Fsp3) is 0.929. The Bertz CT molecular complexity index is 267. The van der Waals surface area contributed by atoms with Gasteiger partial charge < -0.3 is 15.0 Å². The van der Waals surface area contributed by atoms with Crippen LogP contribution < -0.4 is 5.32 Å². The lowest BCUT2D eigenvalue weighted by atomic mass is 9.92. The number of likely N-dealkylation sites (N-methyl/N-ethyl adjacent to an activating group) is 2. The van der Waals surface area contributed by atoms with Gasteiger partial charge in [0, 0.05) is 6.54 Å². The third-order valence-corrected chi connectivity index (χ3v) is 3.93. The Labute approximate surface area is 111 Å². The second-order valence-electron chi connectivity index (χ2n) is 5.43. The summed E-state index contributed by atoms with van der Waals surface area (Å²) in [4.78, 5) is 14.4. The van der Waals surface area contributed by atoms with Crippen LogP contribution >= 0.6 is 0 Å². The molecule has 18 heavy (non-hydrogen) atoms. The molecule has 0 aliphatic heterocycles. The molecule has 0 saturated heterocycles. The summed E-state index contributed by atoms with van der Waals surface area (Å²) in [6, 6.07) is 0. The summed E-state index contributed by atoms with van der Waals surface area (Å²) in [5.41, 5.74) is -0.504. The highest BCUT2D eigenvalue weighted by Gasteiger charge is 2.51. The zero-order chi connectivity index (χ0) is 13.6. The van der Waals surface area contributed by atoms with Gasteiger partial charge in [0.15, 0.2) is 0 Å². The Morgan fingerprint density at radius 2 is 2.11 bits per heavy atom. The Morgan fingerprint density at radius 3 is 2.56 bits per heavy atom. The van der Waals surface area contributed by atoms with E-state index in [1.54, 1.807) is 0 Å². The van der Waals surface area contributed by atoms with Crippen molar-refractivity contribution in [3.63, 3.8) is 0 Å². The smallest absolute Gasteiger partial charge is 0.327 e. The summed E-state index contributed by atoms with van der Waals surface area (Å²) in [6.45, 7) is 3.99. The molecule has 0 bridgehead atoms. The molecule has 1 aliphatic rings. The molecular formula is C14H28N2O2. The molecule has 1 atom stereocenters. The van der Waals surface area contributed by atoms with Gasteiger partial charge in [-0.05, 0) is 45.8 Å². The molecule has 0 aromatic rings. The number of esters is 1. The highest BCUT2D eigenvalue weighted by molar-refractivity contribution is 5.82. The average Bonchev–Trinajstić information content (AvgIpc) is 3.20. The van der Waals surface area contributed by atoms with Gasteiger partial charge in [-0.2, -0.15) is 0 Å². The van der Waals surface area contributed by atoms with Crippen molar-refractivity contribution in [3.05, 3.63) is 0 Å². The zero-order valence-electron chi connectivity index (χ0n) is 12.3. The number of ether oxygens (including phenoxy) is 1. The molecule has 106 valence electrons. The topological polar surface area (TPSA) is 41.6 Å². The van der Waals surface area contributed by atoms with Crippen LogP contribution in [0.25, 0.3) is 0 Å². The van der Waals surface area contributed by atoms with E-state index in [1.807, 2.05) is 7.05 Å². The predicted octanol–water partition coefficient (Wildman–Crippen LogP) is 1.65. The molecule has 4 nitrogen and oxygen atoms in total. The van der Waals surface area contributed by atoms with Gasteiger partial charge in [0.2, 0.25) is 0 Å². The molecule has 0 aromatic carbocycles. The third kappa shape index (κ3) is 3.69. The molecule has 0 amide bonds. The maximum Gasteiger partial charge on any atom is 0.327 e. The molecule has 1 rings (SSSR count). The highest BCUT2D eigenvalue weighted by atomic mass is 16.5. The van der Waals surface area contributed by atoms with Crippen molar-refractivity contribution in [1.29, 1.82) is 0 Å². The summed E-state index contributed by atoms with van der Waals surface area (Å²) in [5, 5.41) is 3.23. The quantitative estimate of drug-likeness (QED) is 0.503. The number of carbonyl (C=O) groups is 1. The van der Waals surface area contributed by atoms with Crippen molar-refractivity contribution in [1.82, 2.24) is 10.2 Å². The maximum atomic E-state index is 12.1. The highest BCUT2D eigenvalue weighted by Crippen LogP contribution is 2.40. The molecule has 1 saturated carbocycles. The van der Waals surface area contributed by atoms with Crippen LogP contribution in [0.1, 0.15) is 39.0 Å². The van der Waals surface area contributed by atoms with E-state index in [0.717, 1.165) is 25.9 Å². The largest absolute Gasteiger partial charge is 0.468 e. The third-order valence-electron chi connectivity index (χ3n) is 3.93. The van der Waals surface area contributed by atoms with Gasteiger partial charge in [0.05, 0.1) is 7.11 Å². The van der Waals surface area contributed by atoms with Crippen LogP contribution in [0.2, 0.25) is 0 Å². The number of methoxy groups -OCH3 is 1. The summed E-state index contributed by atoms with van der Waals surface area (Å²) in [7, 11) is 5.44. The van der Waals surface area contributed by atoms with Crippen LogP contribution in [0, 0.1) is 5.92 Å². The second kappa shape index (κ2) is 7.10. The number of nitrogens with one attached hydrogen (secondary N) is 1.